The van der Waals surface area contributed by atoms with Crippen LogP contribution in [0.15, 0.2) is 18.3 Å². The molecule has 1 saturated heterocycles. The molecule has 2 aliphatic rings. The fourth-order valence-corrected chi connectivity index (χ4v) is 5.15. The van der Waals surface area contributed by atoms with E-state index in [9.17, 15) is 14.3 Å². The Balaban J connectivity index is 1.54. The first-order valence-corrected chi connectivity index (χ1v) is 12.0. The van der Waals surface area contributed by atoms with Crippen LogP contribution in [0.4, 0.5) is 22.0 Å². The first-order valence-electron chi connectivity index (χ1n) is 11.3. The van der Waals surface area contributed by atoms with Crippen molar-refractivity contribution in [3.63, 3.8) is 0 Å². The minimum absolute atomic E-state index is 0.0379. The van der Waals surface area contributed by atoms with Crippen LogP contribution < -0.4 is 16.4 Å². The monoisotopic (exact) mass is 523 g/mol. The molecule has 13 heteroatoms. The molecule has 1 amide bonds. The molecule has 1 aliphatic carbocycles. The Labute approximate surface area is 210 Å². The van der Waals surface area contributed by atoms with Crippen LogP contribution >= 0.6 is 23.2 Å². The number of aliphatic hydroxyl groups excluding tert-OH is 1. The van der Waals surface area contributed by atoms with E-state index in [-0.39, 0.29) is 46.2 Å². The Kier molecular flexibility index (Phi) is 6.67. The quantitative estimate of drug-likeness (QED) is 0.385. The Bertz CT molecular complexity index is 1240. The van der Waals surface area contributed by atoms with E-state index in [1.807, 2.05) is 4.57 Å². The Morgan fingerprint density at radius 2 is 1.97 bits per heavy atom. The zero-order chi connectivity index (χ0) is 24.7. The second-order valence-electron chi connectivity index (χ2n) is 8.84. The number of nitrogens with two attached hydrogens (primary N) is 1. The summed E-state index contributed by atoms with van der Waals surface area (Å²) in [6.07, 6.45) is 3.45. The molecule has 1 saturated carbocycles. The number of aromatic nitrogens is 4. The van der Waals surface area contributed by atoms with Gasteiger partial charge in [0.1, 0.15) is 11.3 Å². The van der Waals surface area contributed by atoms with Crippen molar-refractivity contribution in [2.75, 3.05) is 23.8 Å². The molecule has 1 aliphatic heterocycles. The third kappa shape index (κ3) is 4.86. The van der Waals surface area contributed by atoms with Crippen molar-refractivity contribution in [3.8, 4) is 0 Å². The maximum Gasteiger partial charge on any atom is 0.225 e. The highest BCUT2D eigenvalue weighted by molar-refractivity contribution is 6.36. The van der Waals surface area contributed by atoms with Crippen molar-refractivity contribution in [1.29, 1.82) is 0 Å². The Hall–Kier alpha value is -2.73. The number of nitrogens with one attached hydrogen (secondary N) is 2. The summed E-state index contributed by atoms with van der Waals surface area (Å²) in [5.41, 5.74) is 6.56. The molecule has 0 radical (unpaired) electrons. The highest BCUT2D eigenvalue weighted by Crippen LogP contribution is 2.38. The molecule has 10 nitrogen and oxygen atoms in total. The number of ether oxygens (including phenoxy) is 1. The summed E-state index contributed by atoms with van der Waals surface area (Å²) in [6, 6.07) is 2.19. The van der Waals surface area contributed by atoms with Crippen molar-refractivity contribution in [1.82, 2.24) is 19.5 Å². The van der Waals surface area contributed by atoms with Crippen LogP contribution in [0.25, 0.3) is 11.2 Å². The van der Waals surface area contributed by atoms with Gasteiger partial charge in [-0.25, -0.2) is 14.4 Å². The van der Waals surface area contributed by atoms with Crippen LogP contribution in [0.3, 0.4) is 0 Å². The molecule has 1 aromatic carbocycles. The molecule has 35 heavy (non-hydrogen) atoms. The van der Waals surface area contributed by atoms with Gasteiger partial charge in [0.25, 0.3) is 0 Å². The zero-order valence-electron chi connectivity index (χ0n) is 18.5. The van der Waals surface area contributed by atoms with Crippen molar-refractivity contribution >= 4 is 57.9 Å². The summed E-state index contributed by atoms with van der Waals surface area (Å²) in [4.78, 5) is 25.3. The standard InChI is InChI=1S/C22H24Cl2FN7O3/c23-11-5-13(24)18(14(25)6-11)30-22-29-15-7-27-21(28-16-8-35-9-17(16)33)31-20(15)32(22)12-3-1-10(2-4-12)19(26)34/h5-7,10,12,16-17,33H,1-4,8-9H2,(H2,26,34)(H,29,30)(H,27,28,31)/t10-,12+,16-,17-/m1/s1. The first-order chi connectivity index (χ1) is 16.8. The molecular formula is C22H24Cl2FN7O3. The van der Waals surface area contributed by atoms with E-state index in [1.54, 1.807) is 6.20 Å². The predicted molar refractivity (Wildman–Crippen MR) is 129 cm³/mol. The van der Waals surface area contributed by atoms with E-state index in [4.69, 9.17) is 33.7 Å². The number of hydrogen-bond donors (Lipinski definition) is 4. The van der Waals surface area contributed by atoms with Crippen LogP contribution in [-0.2, 0) is 9.53 Å². The average Bonchev–Trinajstić information content (AvgIpc) is 3.38. The van der Waals surface area contributed by atoms with Gasteiger partial charge in [0.15, 0.2) is 5.65 Å². The number of fused-ring (bicyclic) bond motifs is 1. The lowest BCUT2D eigenvalue weighted by atomic mass is 9.85. The number of imidazole rings is 1. The normalized spacial score (nSPS) is 24.6. The predicted octanol–water partition coefficient (Wildman–Crippen LogP) is 3.40. The summed E-state index contributed by atoms with van der Waals surface area (Å²) >= 11 is 12.2. The number of nitrogens with zero attached hydrogens (tertiary/aromatic N) is 4. The van der Waals surface area contributed by atoms with Gasteiger partial charge < -0.3 is 26.2 Å². The number of rotatable bonds is 6. The van der Waals surface area contributed by atoms with Crippen LogP contribution in [0, 0.1) is 11.7 Å². The maximum atomic E-state index is 14.7. The molecule has 186 valence electrons. The number of primary amides is 1. The summed E-state index contributed by atoms with van der Waals surface area (Å²) in [5, 5.41) is 16.5. The van der Waals surface area contributed by atoms with Crippen molar-refractivity contribution in [2.24, 2.45) is 11.7 Å². The molecule has 2 fully saturated rings. The third-order valence-corrected chi connectivity index (χ3v) is 7.02. The minimum atomic E-state index is -0.671. The Morgan fingerprint density at radius 3 is 2.63 bits per heavy atom. The first kappa shape index (κ1) is 24.0. The van der Waals surface area contributed by atoms with Crippen LogP contribution in [0.1, 0.15) is 31.7 Å². The van der Waals surface area contributed by atoms with Gasteiger partial charge in [-0.15, -0.1) is 0 Å². The van der Waals surface area contributed by atoms with E-state index in [0.29, 0.717) is 55.4 Å². The lowest BCUT2D eigenvalue weighted by molar-refractivity contribution is -0.122. The van der Waals surface area contributed by atoms with Crippen LogP contribution in [-0.4, -0.2) is 55.9 Å². The van der Waals surface area contributed by atoms with E-state index in [1.165, 1.54) is 6.07 Å². The van der Waals surface area contributed by atoms with Crippen LogP contribution in [0.2, 0.25) is 10.0 Å². The van der Waals surface area contributed by atoms with Gasteiger partial charge in [-0.05, 0) is 37.8 Å². The summed E-state index contributed by atoms with van der Waals surface area (Å²) in [6.45, 7) is 0.572. The van der Waals surface area contributed by atoms with E-state index in [2.05, 4.69) is 25.6 Å². The smallest absolute Gasteiger partial charge is 0.225 e. The molecular weight excluding hydrogens is 500 g/mol. The van der Waals surface area contributed by atoms with Gasteiger partial charge in [0, 0.05) is 17.0 Å². The number of carbonyl (C=O) groups excluding carboxylic acids is 1. The second kappa shape index (κ2) is 9.73. The van der Waals surface area contributed by atoms with Gasteiger partial charge in [0.05, 0.1) is 42.3 Å². The number of carbonyl (C=O) groups is 1. The fourth-order valence-electron chi connectivity index (χ4n) is 4.63. The maximum absolute atomic E-state index is 14.7. The van der Waals surface area contributed by atoms with Crippen molar-refractivity contribution in [2.45, 2.75) is 43.9 Å². The Morgan fingerprint density at radius 1 is 1.20 bits per heavy atom. The highest BCUT2D eigenvalue weighted by atomic mass is 35.5. The molecule has 0 bridgehead atoms. The van der Waals surface area contributed by atoms with Gasteiger partial charge in [-0.2, -0.15) is 4.98 Å². The van der Waals surface area contributed by atoms with Gasteiger partial charge in [0.2, 0.25) is 17.8 Å². The number of benzene rings is 1. The fraction of sp³-hybridized carbons (Fsp3) is 0.455. The molecule has 3 aromatic rings. The summed E-state index contributed by atoms with van der Waals surface area (Å²) < 4.78 is 21.9. The molecule has 5 rings (SSSR count). The zero-order valence-corrected chi connectivity index (χ0v) is 20.1. The van der Waals surface area contributed by atoms with Gasteiger partial charge >= 0.3 is 0 Å². The topological polar surface area (TPSA) is 140 Å². The van der Waals surface area contributed by atoms with Crippen LogP contribution in [0.5, 0.6) is 0 Å². The lowest BCUT2D eigenvalue weighted by Gasteiger charge is -2.29. The molecule has 0 spiro atoms. The van der Waals surface area contributed by atoms with Gasteiger partial charge in [-0.1, -0.05) is 23.2 Å². The number of hydrogen-bond acceptors (Lipinski definition) is 8. The second-order valence-corrected chi connectivity index (χ2v) is 9.68. The largest absolute Gasteiger partial charge is 0.388 e. The van der Waals surface area contributed by atoms with Crippen molar-refractivity contribution in [3.05, 3.63) is 34.2 Å². The summed E-state index contributed by atoms with van der Waals surface area (Å²) in [7, 11) is 0. The summed E-state index contributed by atoms with van der Waals surface area (Å²) in [5.74, 6) is -0.473. The third-order valence-electron chi connectivity index (χ3n) is 6.51. The molecule has 3 heterocycles. The number of halogens is 3. The van der Waals surface area contributed by atoms with E-state index >= 15 is 0 Å². The lowest BCUT2D eigenvalue weighted by Crippen LogP contribution is -2.32. The van der Waals surface area contributed by atoms with E-state index < -0.39 is 11.9 Å². The number of amides is 1. The molecule has 2 aromatic heterocycles. The molecule has 0 unspecified atom stereocenters. The number of anilines is 3. The molecule has 5 N–H and O–H groups in total. The van der Waals surface area contributed by atoms with E-state index in [0.717, 1.165) is 6.07 Å². The van der Waals surface area contributed by atoms with Gasteiger partial charge in [-0.3, -0.25) is 9.36 Å². The highest BCUT2D eigenvalue weighted by Gasteiger charge is 2.30. The van der Waals surface area contributed by atoms with Crippen molar-refractivity contribution < 1.29 is 19.0 Å². The number of aliphatic hydroxyl groups is 1. The SMILES string of the molecule is NC(=O)[C@H]1CC[C@@H](n2c(Nc3c(F)cc(Cl)cc3Cl)nc3cnc(N[C@@H]4COC[C@H]4O)nc32)CC1. The molecule has 2 atom stereocenters. The minimum Gasteiger partial charge on any atom is -0.388 e. The average molecular weight is 524 g/mol.